The molecule has 0 saturated heterocycles. The van der Waals surface area contributed by atoms with E-state index in [1.807, 2.05) is 5.32 Å². The van der Waals surface area contributed by atoms with Crippen molar-refractivity contribution in [3.05, 3.63) is 41.5 Å². The summed E-state index contributed by atoms with van der Waals surface area (Å²) in [6, 6.07) is 5.85. The lowest BCUT2D eigenvalue weighted by molar-refractivity contribution is -0.126. The molecule has 0 aliphatic rings. The standard InChI is InChI=1S/C14H12N2O4/c1-9(17)16-14(20)11(8-15)4-2-3-10-5-6-12(18)13(19)7-10/h2-7,18-19H,1H3,(H,16,17,20). The molecule has 0 spiro atoms. The van der Waals surface area contributed by atoms with Crippen molar-refractivity contribution in [3.8, 4) is 17.6 Å². The van der Waals surface area contributed by atoms with Crippen LogP contribution in [0.15, 0.2) is 35.9 Å². The second kappa shape index (κ2) is 6.75. The summed E-state index contributed by atoms with van der Waals surface area (Å²) in [5.41, 5.74) is 0.347. The lowest BCUT2D eigenvalue weighted by atomic mass is 10.1. The zero-order chi connectivity index (χ0) is 15.1. The maximum Gasteiger partial charge on any atom is 0.268 e. The van der Waals surface area contributed by atoms with Crippen molar-refractivity contribution in [1.29, 1.82) is 5.26 Å². The van der Waals surface area contributed by atoms with Crippen molar-refractivity contribution in [2.75, 3.05) is 0 Å². The van der Waals surface area contributed by atoms with Crippen LogP contribution >= 0.6 is 0 Å². The number of aromatic hydroxyl groups is 2. The second-order valence-corrected chi connectivity index (χ2v) is 3.81. The summed E-state index contributed by atoms with van der Waals surface area (Å²) in [5.74, 6) is -1.84. The lowest BCUT2D eigenvalue weighted by Gasteiger charge is -1.98. The summed E-state index contributed by atoms with van der Waals surface area (Å²) in [6.07, 6.45) is 4.18. The van der Waals surface area contributed by atoms with Gasteiger partial charge >= 0.3 is 0 Å². The first-order valence-corrected chi connectivity index (χ1v) is 5.56. The van der Waals surface area contributed by atoms with Gasteiger partial charge in [0.25, 0.3) is 5.91 Å². The number of allylic oxidation sites excluding steroid dienone is 2. The molecule has 0 fully saturated rings. The minimum absolute atomic E-state index is 0.223. The number of carbonyl (C=O) groups excluding carboxylic acids is 2. The summed E-state index contributed by atoms with van der Waals surface area (Å²) in [5, 5.41) is 29.2. The molecule has 3 N–H and O–H groups in total. The second-order valence-electron chi connectivity index (χ2n) is 3.81. The predicted octanol–water partition coefficient (Wildman–Crippen LogP) is 1.22. The summed E-state index contributed by atoms with van der Waals surface area (Å²) in [6.45, 7) is 1.17. The highest BCUT2D eigenvalue weighted by atomic mass is 16.3. The van der Waals surface area contributed by atoms with Crippen LogP contribution in [-0.4, -0.2) is 22.0 Å². The summed E-state index contributed by atoms with van der Waals surface area (Å²) < 4.78 is 0. The molecule has 6 heteroatoms. The van der Waals surface area contributed by atoms with Crippen molar-refractivity contribution < 1.29 is 19.8 Å². The van der Waals surface area contributed by atoms with Crippen LogP contribution in [0.3, 0.4) is 0 Å². The lowest BCUT2D eigenvalue weighted by Crippen LogP contribution is -2.28. The number of hydrogen-bond acceptors (Lipinski definition) is 5. The van der Waals surface area contributed by atoms with E-state index in [0.29, 0.717) is 5.56 Å². The number of carbonyl (C=O) groups is 2. The average molecular weight is 272 g/mol. The number of nitrogens with one attached hydrogen (secondary N) is 1. The van der Waals surface area contributed by atoms with Gasteiger partial charge in [-0.2, -0.15) is 5.26 Å². The number of hydrogen-bond donors (Lipinski definition) is 3. The molecular weight excluding hydrogens is 260 g/mol. The van der Waals surface area contributed by atoms with Gasteiger partial charge in [-0.15, -0.1) is 0 Å². The zero-order valence-corrected chi connectivity index (χ0v) is 10.6. The fourth-order valence-corrected chi connectivity index (χ4v) is 1.29. The maximum atomic E-state index is 11.4. The van der Waals surface area contributed by atoms with Crippen LogP contribution in [0.2, 0.25) is 0 Å². The van der Waals surface area contributed by atoms with Gasteiger partial charge in [0.2, 0.25) is 5.91 Å². The number of phenols is 2. The van der Waals surface area contributed by atoms with E-state index in [-0.39, 0.29) is 17.1 Å². The average Bonchev–Trinajstić information content (AvgIpc) is 2.37. The number of imide groups is 1. The van der Waals surface area contributed by atoms with Crippen LogP contribution in [0.25, 0.3) is 6.08 Å². The summed E-state index contributed by atoms with van der Waals surface area (Å²) in [7, 11) is 0. The molecule has 1 aromatic rings. The van der Waals surface area contributed by atoms with Gasteiger partial charge in [-0.05, 0) is 23.8 Å². The highest BCUT2D eigenvalue weighted by molar-refractivity contribution is 6.06. The number of phenolic OH excluding ortho intramolecular Hbond substituents is 2. The van der Waals surface area contributed by atoms with Gasteiger partial charge in [-0.25, -0.2) is 0 Å². The normalized spacial score (nSPS) is 11.1. The molecule has 0 heterocycles. The Morgan fingerprint density at radius 2 is 2.00 bits per heavy atom. The van der Waals surface area contributed by atoms with Crippen LogP contribution in [0.4, 0.5) is 0 Å². The van der Waals surface area contributed by atoms with E-state index >= 15 is 0 Å². The third-order valence-electron chi connectivity index (χ3n) is 2.21. The Kier molecular flexibility index (Phi) is 5.06. The van der Waals surface area contributed by atoms with Gasteiger partial charge in [-0.1, -0.05) is 18.2 Å². The van der Waals surface area contributed by atoms with Gasteiger partial charge in [0.15, 0.2) is 11.5 Å². The van der Waals surface area contributed by atoms with Crippen molar-refractivity contribution >= 4 is 17.9 Å². The molecule has 0 atom stereocenters. The largest absolute Gasteiger partial charge is 0.504 e. The van der Waals surface area contributed by atoms with Crippen molar-refractivity contribution in [2.24, 2.45) is 0 Å². The van der Waals surface area contributed by atoms with Gasteiger partial charge < -0.3 is 10.2 Å². The zero-order valence-electron chi connectivity index (χ0n) is 10.6. The SMILES string of the molecule is CC(=O)NC(=O)C(C#N)=CC=Cc1ccc(O)c(O)c1. The number of amides is 2. The number of nitrogens with zero attached hydrogens (tertiary/aromatic N) is 1. The Bertz CT molecular complexity index is 639. The topological polar surface area (TPSA) is 110 Å². The third kappa shape index (κ3) is 4.31. The molecule has 0 bridgehead atoms. The van der Waals surface area contributed by atoms with Crippen LogP contribution in [-0.2, 0) is 9.59 Å². The van der Waals surface area contributed by atoms with Gasteiger partial charge in [0.1, 0.15) is 11.6 Å². The van der Waals surface area contributed by atoms with E-state index < -0.39 is 11.8 Å². The number of nitriles is 1. The molecule has 2 amide bonds. The minimum Gasteiger partial charge on any atom is -0.504 e. The Hall–Kier alpha value is -3.07. The fourth-order valence-electron chi connectivity index (χ4n) is 1.29. The van der Waals surface area contributed by atoms with Crippen molar-refractivity contribution in [3.63, 3.8) is 0 Å². The van der Waals surface area contributed by atoms with Gasteiger partial charge in [-0.3, -0.25) is 14.9 Å². The minimum atomic E-state index is -0.779. The van der Waals surface area contributed by atoms with Crippen LogP contribution in [0, 0.1) is 11.3 Å². The molecule has 1 aromatic carbocycles. The highest BCUT2D eigenvalue weighted by Crippen LogP contribution is 2.25. The van der Waals surface area contributed by atoms with Crippen molar-refractivity contribution in [1.82, 2.24) is 5.32 Å². The van der Waals surface area contributed by atoms with Gasteiger partial charge in [0, 0.05) is 6.92 Å². The van der Waals surface area contributed by atoms with Gasteiger partial charge in [0.05, 0.1) is 0 Å². The fraction of sp³-hybridized carbons (Fsp3) is 0.0714. The Morgan fingerprint density at radius 3 is 2.55 bits per heavy atom. The van der Waals surface area contributed by atoms with Crippen LogP contribution < -0.4 is 5.32 Å². The quantitative estimate of drug-likeness (QED) is 0.331. The maximum absolute atomic E-state index is 11.4. The molecule has 0 saturated carbocycles. The molecule has 6 nitrogen and oxygen atoms in total. The predicted molar refractivity (Wildman–Crippen MR) is 71.3 cm³/mol. The number of rotatable bonds is 3. The van der Waals surface area contributed by atoms with Crippen molar-refractivity contribution in [2.45, 2.75) is 6.92 Å². The van der Waals surface area contributed by atoms with E-state index in [1.165, 1.54) is 37.3 Å². The molecule has 1 rings (SSSR count). The summed E-state index contributed by atoms with van der Waals surface area (Å²) >= 11 is 0. The number of benzene rings is 1. The highest BCUT2D eigenvalue weighted by Gasteiger charge is 2.08. The Balaban J connectivity index is 2.85. The monoisotopic (exact) mass is 272 g/mol. The van der Waals surface area contributed by atoms with E-state index in [2.05, 4.69) is 0 Å². The first kappa shape index (κ1) is 15.0. The molecule has 0 aliphatic carbocycles. The molecule has 0 aromatic heterocycles. The van der Waals surface area contributed by atoms with E-state index in [1.54, 1.807) is 12.1 Å². The van der Waals surface area contributed by atoms with E-state index in [4.69, 9.17) is 10.4 Å². The molecule has 0 aliphatic heterocycles. The van der Waals surface area contributed by atoms with E-state index in [0.717, 1.165) is 0 Å². The van der Waals surface area contributed by atoms with Crippen LogP contribution in [0.5, 0.6) is 11.5 Å². The third-order valence-corrected chi connectivity index (χ3v) is 2.21. The Morgan fingerprint density at radius 1 is 1.30 bits per heavy atom. The molecular formula is C14H12N2O4. The Labute approximate surface area is 115 Å². The van der Waals surface area contributed by atoms with Crippen LogP contribution in [0.1, 0.15) is 12.5 Å². The summed E-state index contributed by atoms with van der Waals surface area (Å²) in [4.78, 5) is 22.1. The smallest absolute Gasteiger partial charge is 0.268 e. The first-order valence-electron chi connectivity index (χ1n) is 5.56. The molecule has 0 radical (unpaired) electrons. The van der Waals surface area contributed by atoms with E-state index in [9.17, 15) is 14.7 Å². The first-order chi connectivity index (χ1) is 9.43. The molecule has 0 unspecified atom stereocenters. The molecule has 102 valence electrons. The molecule has 20 heavy (non-hydrogen) atoms.